The van der Waals surface area contributed by atoms with Crippen LogP contribution in [0.1, 0.15) is 24.3 Å². The van der Waals surface area contributed by atoms with Crippen LogP contribution >= 0.6 is 11.6 Å². The van der Waals surface area contributed by atoms with Gasteiger partial charge in [0.15, 0.2) is 0 Å². The standard InChI is InChI=1S/C20H21ClFN5O3/c1-20(2,26-17(28)14-7-5-12(22)9-23-14)19(30)25-15-10-24-13-6-4-11(21)8-16(13)27(3)18(15)29/h4-9,15,24H,10H2,1-3H3,(H,25,30)(H,26,28). The number of likely N-dealkylation sites (N-methyl/N-ethyl adjacent to an activating group) is 1. The Hall–Kier alpha value is -3.20. The first kappa shape index (κ1) is 21.5. The summed E-state index contributed by atoms with van der Waals surface area (Å²) in [4.78, 5) is 43.1. The fourth-order valence-electron chi connectivity index (χ4n) is 2.95. The maximum Gasteiger partial charge on any atom is 0.270 e. The van der Waals surface area contributed by atoms with Crippen LogP contribution < -0.4 is 20.9 Å². The molecular formula is C20H21ClFN5O3. The molecule has 3 N–H and O–H groups in total. The molecule has 0 saturated heterocycles. The molecule has 1 aromatic heterocycles. The van der Waals surface area contributed by atoms with Gasteiger partial charge in [-0.25, -0.2) is 9.37 Å². The number of nitrogens with zero attached hydrogens (tertiary/aromatic N) is 2. The van der Waals surface area contributed by atoms with Crippen LogP contribution in [0.15, 0.2) is 36.5 Å². The Bertz CT molecular complexity index is 996. The highest BCUT2D eigenvalue weighted by molar-refractivity contribution is 6.31. The van der Waals surface area contributed by atoms with Crippen molar-refractivity contribution in [3.05, 3.63) is 53.1 Å². The number of aromatic nitrogens is 1. The molecule has 8 nitrogen and oxygen atoms in total. The smallest absolute Gasteiger partial charge is 0.270 e. The third-order valence-corrected chi connectivity index (χ3v) is 4.94. The van der Waals surface area contributed by atoms with Crippen LogP contribution in [0, 0.1) is 5.82 Å². The van der Waals surface area contributed by atoms with E-state index in [4.69, 9.17) is 11.6 Å². The highest BCUT2D eigenvalue weighted by Crippen LogP contribution is 2.30. The second-order valence-corrected chi connectivity index (χ2v) is 7.84. The second-order valence-electron chi connectivity index (χ2n) is 7.41. The molecule has 1 atom stereocenters. The molecule has 3 amide bonds. The average Bonchev–Trinajstić information content (AvgIpc) is 2.80. The van der Waals surface area contributed by atoms with Crippen LogP contribution in [0.2, 0.25) is 5.02 Å². The molecular weight excluding hydrogens is 413 g/mol. The topological polar surface area (TPSA) is 103 Å². The van der Waals surface area contributed by atoms with E-state index in [2.05, 4.69) is 20.9 Å². The number of nitrogens with one attached hydrogen (secondary N) is 3. The zero-order valence-electron chi connectivity index (χ0n) is 16.6. The highest BCUT2D eigenvalue weighted by atomic mass is 35.5. The quantitative estimate of drug-likeness (QED) is 0.683. The normalized spacial score (nSPS) is 16.2. The van der Waals surface area contributed by atoms with Gasteiger partial charge in [-0.1, -0.05) is 11.6 Å². The van der Waals surface area contributed by atoms with E-state index in [1.807, 2.05) is 0 Å². The number of hydrogen-bond acceptors (Lipinski definition) is 5. The van der Waals surface area contributed by atoms with Gasteiger partial charge in [0.2, 0.25) is 5.91 Å². The minimum absolute atomic E-state index is 0.0310. The first-order chi connectivity index (χ1) is 14.1. The van der Waals surface area contributed by atoms with E-state index in [9.17, 15) is 18.8 Å². The van der Waals surface area contributed by atoms with Gasteiger partial charge >= 0.3 is 0 Å². The van der Waals surface area contributed by atoms with Crippen molar-refractivity contribution in [2.75, 3.05) is 23.8 Å². The van der Waals surface area contributed by atoms with Gasteiger partial charge in [-0.2, -0.15) is 0 Å². The summed E-state index contributed by atoms with van der Waals surface area (Å²) in [5.41, 5.74) is -0.0771. The Morgan fingerprint density at radius 1 is 1.30 bits per heavy atom. The fourth-order valence-corrected chi connectivity index (χ4v) is 3.12. The lowest BCUT2D eigenvalue weighted by atomic mass is 10.0. The summed E-state index contributed by atoms with van der Waals surface area (Å²) in [7, 11) is 1.59. The van der Waals surface area contributed by atoms with Crippen LogP contribution in [0.4, 0.5) is 15.8 Å². The van der Waals surface area contributed by atoms with Crippen LogP contribution in [0.3, 0.4) is 0 Å². The van der Waals surface area contributed by atoms with Crippen molar-refractivity contribution >= 4 is 40.7 Å². The summed E-state index contributed by atoms with van der Waals surface area (Å²) >= 11 is 6.03. The maximum atomic E-state index is 13.0. The van der Waals surface area contributed by atoms with Crippen LogP contribution in [-0.4, -0.2) is 47.9 Å². The van der Waals surface area contributed by atoms with Crippen LogP contribution in [0.5, 0.6) is 0 Å². The molecule has 2 aromatic rings. The molecule has 1 unspecified atom stereocenters. The number of amides is 3. The van der Waals surface area contributed by atoms with Gasteiger partial charge in [0.25, 0.3) is 11.8 Å². The largest absolute Gasteiger partial charge is 0.381 e. The number of fused-ring (bicyclic) bond motifs is 1. The van der Waals surface area contributed by atoms with E-state index in [0.29, 0.717) is 16.4 Å². The number of benzene rings is 1. The summed E-state index contributed by atoms with van der Waals surface area (Å²) in [5.74, 6) is -2.11. The van der Waals surface area contributed by atoms with Crippen molar-refractivity contribution in [2.24, 2.45) is 0 Å². The number of rotatable bonds is 4. The third kappa shape index (κ3) is 4.51. The summed E-state index contributed by atoms with van der Waals surface area (Å²) in [6.07, 6.45) is 0.914. The van der Waals surface area contributed by atoms with Gasteiger partial charge in [-0.15, -0.1) is 0 Å². The first-order valence-electron chi connectivity index (χ1n) is 9.14. The van der Waals surface area contributed by atoms with Crippen molar-refractivity contribution < 1.29 is 18.8 Å². The van der Waals surface area contributed by atoms with E-state index < -0.39 is 29.2 Å². The van der Waals surface area contributed by atoms with E-state index in [0.717, 1.165) is 12.3 Å². The predicted octanol–water partition coefficient (Wildman–Crippen LogP) is 1.96. The van der Waals surface area contributed by atoms with Gasteiger partial charge in [0, 0.05) is 18.6 Å². The molecule has 0 fully saturated rings. The minimum Gasteiger partial charge on any atom is -0.381 e. The van der Waals surface area contributed by atoms with Crippen molar-refractivity contribution in [3.8, 4) is 0 Å². The summed E-state index contributed by atoms with van der Waals surface area (Å²) in [6.45, 7) is 3.15. The molecule has 1 aliphatic rings. The molecule has 0 radical (unpaired) electrons. The molecule has 0 bridgehead atoms. The van der Waals surface area contributed by atoms with Crippen molar-refractivity contribution in [1.29, 1.82) is 0 Å². The van der Waals surface area contributed by atoms with E-state index >= 15 is 0 Å². The predicted molar refractivity (Wildman–Crippen MR) is 111 cm³/mol. The Morgan fingerprint density at radius 2 is 2.03 bits per heavy atom. The molecule has 1 aliphatic heterocycles. The molecule has 2 heterocycles. The molecule has 10 heteroatoms. The first-order valence-corrected chi connectivity index (χ1v) is 9.52. The molecule has 1 aromatic carbocycles. The van der Waals surface area contributed by atoms with Crippen molar-refractivity contribution in [1.82, 2.24) is 15.6 Å². The van der Waals surface area contributed by atoms with Gasteiger partial charge in [-0.05, 0) is 44.2 Å². The number of halogens is 2. The van der Waals surface area contributed by atoms with Crippen molar-refractivity contribution in [2.45, 2.75) is 25.4 Å². The Kier molecular flexibility index (Phi) is 5.93. The Balaban J connectivity index is 1.70. The lowest BCUT2D eigenvalue weighted by molar-refractivity contribution is -0.130. The van der Waals surface area contributed by atoms with Crippen LogP contribution in [0.25, 0.3) is 0 Å². The molecule has 0 saturated carbocycles. The summed E-state index contributed by atoms with van der Waals surface area (Å²) in [6, 6.07) is 6.57. The van der Waals surface area contributed by atoms with E-state index in [1.165, 1.54) is 24.8 Å². The lowest BCUT2D eigenvalue weighted by Gasteiger charge is -2.28. The second kappa shape index (κ2) is 8.27. The van der Waals surface area contributed by atoms with Gasteiger partial charge in [0.05, 0.1) is 17.6 Å². The molecule has 0 spiro atoms. The Labute approximate surface area is 177 Å². The molecule has 3 rings (SSSR count). The van der Waals surface area contributed by atoms with Crippen molar-refractivity contribution in [3.63, 3.8) is 0 Å². The number of carbonyl (C=O) groups is 3. The number of carbonyl (C=O) groups excluding carboxylic acids is 3. The number of pyridine rings is 1. The van der Waals surface area contributed by atoms with Crippen LogP contribution in [-0.2, 0) is 9.59 Å². The Morgan fingerprint density at radius 3 is 2.70 bits per heavy atom. The van der Waals surface area contributed by atoms with E-state index in [1.54, 1.807) is 25.2 Å². The van der Waals surface area contributed by atoms with Gasteiger partial charge in [-0.3, -0.25) is 14.4 Å². The molecule has 158 valence electrons. The average molecular weight is 434 g/mol. The highest BCUT2D eigenvalue weighted by Gasteiger charge is 2.35. The minimum atomic E-state index is -1.35. The SMILES string of the molecule is CN1C(=O)C(NC(=O)C(C)(C)NC(=O)c2ccc(F)cn2)CNc2ccc(Cl)cc21. The lowest BCUT2D eigenvalue weighted by Crippen LogP contribution is -2.60. The third-order valence-electron chi connectivity index (χ3n) is 4.71. The maximum absolute atomic E-state index is 13.0. The number of anilines is 2. The number of hydrogen-bond donors (Lipinski definition) is 3. The zero-order valence-corrected chi connectivity index (χ0v) is 17.4. The summed E-state index contributed by atoms with van der Waals surface area (Å²) in [5, 5.41) is 8.83. The summed E-state index contributed by atoms with van der Waals surface area (Å²) < 4.78 is 13.0. The fraction of sp³-hybridized carbons (Fsp3) is 0.300. The monoisotopic (exact) mass is 433 g/mol. The molecule has 0 aliphatic carbocycles. The van der Waals surface area contributed by atoms with E-state index in [-0.39, 0.29) is 18.1 Å². The molecule has 30 heavy (non-hydrogen) atoms. The zero-order chi connectivity index (χ0) is 22.1. The van der Waals surface area contributed by atoms with Gasteiger partial charge < -0.3 is 20.9 Å². The van der Waals surface area contributed by atoms with Gasteiger partial charge in [0.1, 0.15) is 23.1 Å².